The number of aryl methyl sites for hydroxylation is 2. The minimum Gasteiger partial charge on any atom is -0.353 e. The molecular weight excluding hydrogens is 384 g/mol. The van der Waals surface area contributed by atoms with Gasteiger partial charge in [0.05, 0.1) is 6.33 Å². The Morgan fingerprint density at radius 2 is 1.73 bits per heavy atom. The number of piperidine rings is 1. The van der Waals surface area contributed by atoms with Crippen molar-refractivity contribution in [3.05, 3.63) is 27.2 Å². The van der Waals surface area contributed by atoms with Gasteiger partial charge in [-0.2, -0.15) is 0 Å². The van der Waals surface area contributed by atoms with Gasteiger partial charge in [0.1, 0.15) is 6.54 Å². The zero-order valence-corrected chi connectivity index (χ0v) is 18.0. The van der Waals surface area contributed by atoms with E-state index in [1.807, 2.05) is 0 Å². The van der Waals surface area contributed by atoms with Crippen molar-refractivity contribution >= 4 is 17.1 Å². The molecule has 1 N–H and O–H groups in total. The molecule has 2 aromatic heterocycles. The molecule has 1 saturated heterocycles. The van der Waals surface area contributed by atoms with Gasteiger partial charge in [-0.15, -0.1) is 0 Å². The Balaban J connectivity index is 1.52. The first-order chi connectivity index (χ1) is 14.4. The number of likely N-dealkylation sites (tertiary alicyclic amines) is 1. The largest absolute Gasteiger partial charge is 0.353 e. The fourth-order valence-corrected chi connectivity index (χ4v) is 5.18. The molecule has 9 nitrogen and oxygen atoms in total. The third-order valence-electron chi connectivity index (χ3n) is 6.93. The Morgan fingerprint density at radius 3 is 2.43 bits per heavy atom. The average molecular weight is 417 g/mol. The van der Waals surface area contributed by atoms with E-state index >= 15 is 0 Å². The maximum absolute atomic E-state index is 12.8. The summed E-state index contributed by atoms with van der Waals surface area (Å²) < 4.78 is 3.91. The van der Waals surface area contributed by atoms with Crippen LogP contribution in [0.1, 0.15) is 51.4 Å². The second kappa shape index (κ2) is 8.37. The van der Waals surface area contributed by atoms with Crippen LogP contribution in [-0.4, -0.2) is 54.7 Å². The second-order valence-electron chi connectivity index (χ2n) is 8.87. The molecule has 0 aromatic carbocycles. The van der Waals surface area contributed by atoms with Crippen LogP contribution in [0, 0.1) is 0 Å². The molecule has 1 amide bonds. The molecule has 3 heterocycles. The summed E-state index contributed by atoms with van der Waals surface area (Å²) >= 11 is 0. The highest BCUT2D eigenvalue weighted by Crippen LogP contribution is 2.35. The van der Waals surface area contributed by atoms with Crippen molar-refractivity contribution < 1.29 is 4.79 Å². The zero-order valence-electron chi connectivity index (χ0n) is 18.0. The van der Waals surface area contributed by atoms with Crippen molar-refractivity contribution in [3.63, 3.8) is 0 Å². The first kappa shape index (κ1) is 20.8. The van der Waals surface area contributed by atoms with Crippen LogP contribution in [-0.2, 0) is 25.4 Å². The van der Waals surface area contributed by atoms with Gasteiger partial charge in [0.15, 0.2) is 11.2 Å². The van der Waals surface area contributed by atoms with Crippen LogP contribution in [0.5, 0.6) is 0 Å². The number of hydrogen-bond acceptors (Lipinski definition) is 5. The maximum atomic E-state index is 12.8. The summed E-state index contributed by atoms with van der Waals surface area (Å²) in [5.74, 6) is -0.294. The molecule has 2 fully saturated rings. The average Bonchev–Trinajstić information content (AvgIpc) is 3.17. The summed E-state index contributed by atoms with van der Waals surface area (Å²) in [6.07, 6.45) is 11.0. The Hall–Kier alpha value is -2.42. The van der Waals surface area contributed by atoms with Gasteiger partial charge in [-0.1, -0.05) is 25.7 Å². The van der Waals surface area contributed by atoms with Crippen molar-refractivity contribution in [1.29, 1.82) is 0 Å². The molecule has 1 aliphatic carbocycles. The van der Waals surface area contributed by atoms with Crippen LogP contribution in [0.4, 0.5) is 0 Å². The third kappa shape index (κ3) is 3.71. The summed E-state index contributed by atoms with van der Waals surface area (Å²) in [5.41, 5.74) is -0.343. The molecule has 1 aliphatic heterocycles. The summed E-state index contributed by atoms with van der Waals surface area (Å²) in [7, 11) is 3.27. The van der Waals surface area contributed by atoms with Gasteiger partial charge >= 0.3 is 5.69 Å². The Bertz CT molecular complexity index is 1040. The van der Waals surface area contributed by atoms with Crippen molar-refractivity contribution in [2.75, 3.05) is 19.6 Å². The number of nitrogens with zero attached hydrogens (tertiary/aromatic N) is 5. The fourth-order valence-electron chi connectivity index (χ4n) is 5.18. The van der Waals surface area contributed by atoms with Gasteiger partial charge in [-0.25, -0.2) is 14.3 Å². The van der Waals surface area contributed by atoms with E-state index < -0.39 is 11.2 Å². The predicted molar refractivity (Wildman–Crippen MR) is 114 cm³/mol. The number of carbonyl (C=O) groups is 1. The lowest BCUT2D eigenvalue weighted by atomic mass is 9.79. The highest BCUT2D eigenvalue weighted by molar-refractivity contribution is 5.76. The fraction of sp³-hybridized carbons (Fsp3) is 0.714. The van der Waals surface area contributed by atoms with Gasteiger partial charge in [0.25, 0.3) is 5.56 Å². The van der Waals surface area contributed by atoms with E-state index in [1.165, 1.54) is 49.4 Å². The molecule has 0 spiro atoms. The number of hydrogen-bond donors (Lipinski definition) is 1. The number of aromatic nitrogens is 4. The number of nitrogens with one attached hydrogen (secondary N) is 1. The quantitative estimate of drug-likeness (QED) is 0.776. The second-order valence-corrected chi connectivity index (χ2v) is 8.87. The summed E-state index contributed by atoms with van der Waals surface area (Å²) in [5, 5.41) is 3.06. The number of amides is 1. The lowest BCUT2D eigenvalue weighted by Gasteiger charge is -2.48. The van der Waals surface area contributed by atoms with Gasteiger partial charge in [-0.05, 0) is 38.8 Å². The summed E-state index contributed by atoms with van der Waals surface area (Å²) in [6, 6.07) is 0. The number of rotatable bonds is 5. The molecule has 2 aromatic rings. The molecule has 0 unspecified atom stereocenters. The van der Waals surface area contributed by atoms with Crippen molar-refractivity contribution in [2.24, 2.45) is 14.1 Å². The van der Waals surface area contributed by atoms with E-state index in [4.69, 9.17) is 0 Å². The molecule has 1 saturated carbocycles. The molecule has 0 radical (unpaired) electrons. The van der Waals surface area contributed by atoms with Crippen LogP contribution in [0.3, 0.4) is 0 Å². The number of carbonyl (C=O) groups excluding carboxylic acids is 1. The van der Waals surface area contributed by atoms with Crippen molar-refractivity contribution in [2.45, 2.75) is 63.5 Å². The van der Waals surface area contributed by atoms with E-state index in [0.717, 1.165) is 30.5 Å². The summed E-state index contributed by atoms with van der Waals surface area (Å²) in [4.78, 5) is 45.0. The Morgan fingerprint density at radius 1 is 1.07 bits per heavy atom. The zero-order chi connectivity index (χ0) is 21.3. The highest BCUT2D eigenvalue weighted by Gasteiger charge is 2.38. The van der Waals surface area contributed by atoms with Crippen LogP contribution in [0.2, 0.25) is 0 Å². The predicted octanol–water partition coefficient (Wildman–Crippen LogP) is 0.739. The number of imidazole rings is 1. The molecule has 4 rings (SSSR count). The molecule has 9 heteroatoms. The minimum atomic E-state index is -0.523. The van der Waals surface area contributed by atoms with Gasteiger partial charge in [0.2, 0.25) is 5.91 Å². The molecule has 2 aliphatic rings. The minimum absolute atomic E-state index is 0.0102. The van der Waals surface area contributed by atoms with E-state index in [1.54, 1.807) is 18.7 Å². The lowest BCUT2D eigenvalue weighted by molar-refractivity contribution is -0.122. The van der Waals surface area contributed by atoms with Crippen LogP contribution >= 0.6 is 0 Å². The molecule has 0 bridgehead atoms. The molecule has 164 valence electrons. The lowest BCUT2D eigenvalue weighted by Crippen LogP contribution is -2.58. The Kier molecular flexibility index (Phi) is 5.81. The van der Waals surface area contributed by atoms with Gasteiger partial charge < -0.3 is 9.88 Å². The standard InChI is InChI=1S/C21H32N6O3/c1-24-15-23-18-17(24)19(29)27(20(30)25(18)2)13-16(28)22-14-21(9-5-3-6-10-21)26-11-7-4-8-12-26/h15H,3-14H2,1-2H3,(H,22,28). The van der Waals surface area contributed by atoms with E-state index in [2.05, 4.69) is 15.2 Å². The van der Waals surface area contributed by atoms with E-state index in [-0.39, 0.29) is 18.0 Å². The van der Waals surface area contributed by atoms with Crippen LogP contribution < -0.4 is 16.6 Å². The van der Waals surface area contributed by atoms with Crippen molar-refractivity contribution in [3.8, 4) is 0 Å². The first-order valence-corrected chi connectivity index (χ1v) is 11.1. The number of fused-ring (bicyclic) bond motifs is 1. The van der Waals surface area contributed by atoms with Crippen LogP contribution in [0.15, 0.2) is 15.9 Å². The molecular formula is C21H32N6O3. The highest BCUT2D eigenvalue weighted by atomic mass is 16.2. The molecule has 30 heavy (non-hydrogen) atoms. The van der Waals surface area contributed by atoms with E-state index in [9.17, 15) is 14.4 Å². The Labute approximate surface area is 175 Å². The monoisotopic (exact) mass is 416 g/mol. The topological polar surface area (TPSA) is 94.2 Å². The van der Waals surface area contributed by atoms with E-state index in [0.29, 0.717) is 17.7 Å². The normalized spacial score (nSPS) is 19.8. The third-order valence-corrected chi connectivity index (χ3v) is 6.93. The van der Waals surface area contributed by atoms with Crippen molar-refractivity contribution in [1.82, 2.24) is 28.9 Å². The SMILES string of the molecule is Cn1cnc2c1c(=O)n(CC(=O)NCC1(N3CCCCC3)CCCCC1)c(=O)n2C. The molecule has 0 atom stereocenters. The van der Waals surface area contributed by atoms with Gasteiger partial charge in [0, 0.05) is 26.2 Å². The first-order valence-electron chi connectivity index (χ1n) is 11.1. The summed E-state index contributed by atoms with van der Waals surface area (Å²) in [6.45, 7) is 2.48. The van der Waals surface area contributed by atoms with Gasteiger partial charge in [-0.3, -0.25) is 19.1 Å². The smallest absolute Gasteiger partial charge is 0.332 e. The van der Waals surface area contributed by atoms with Crippen LogP contribution in [0.25, 0.3) is 11.2 Å². The maximum Gasteiger partial charge on any atom is 0.332 e.